The van der Waals surface area contributed by atoms with Gasteiger partial charge in [-0.25, -0.2) is 0 Å². The third kappa shape index (κ3) is 3.65. The van der Waals surface area contributed by atoms with Crippen LogP contribution in [-0.4, -0.2) is 13.1 Å². The Morgan fingerprint density at radius 1 is 1.27 bits per heavy atom. The lowest BCUT2D eigenvalue weighted by molar-refractivity contribution is 0.478. The molecule has 3 N–H and O–H groups in total. The molecule has 0 fully saturated rings. The lowest BCUT2D eigenvalue weighted by Crippen LogP contribution is -2.31. The van der Waals surface area contributed by atoms with Gasteiger partial charge in [0, 0.05) is 12.6 Å². The summed E-state index contributed by atoms with van der Waals surface area (Å²) < 4.78 is 0. The minimum Gasteiger partial charge on any atom is -0.329 e. The van der Waals surface area contributed by atoms with E-state index in [9.17, 15) is 0 Å². The molecule has 1 rings (SSSR count). The highest BCUT2D eigenvalue weighted by molar-refractivity contribution is 5.28. The van der Waals surface area contributed by atoms with Crippen molar-refractivity contribution in [2.45, 2.75) is 26.8 Å². The lowest BCUT2D eigenvalue weighted by Gasteiger charge is -2.20. The molecule has 1 unspecified atom stereocenters. The lowest BCUT2D eigenvalue weighted by atomic mass is 10.0. The molecule has 0 bridgehead atoms. The second-order valence-corrected chi connectivity index (χ2v) is 4.45. The zero-order valence-corrected chi connectivity index (χ0v) is 9.96. The third-order valence-corrected chi connectivity index (χ3v) is 2.57. The fourth-order valence-corrected chi connectivity index (χ4v) is 1.68. The van der Waals surface area contributed by atoms with Crippen molar-refractivity contribution in [2.24, 2.45) is 11.7 Å². The average molecular weight is 206 g/mol. The second-order valence-electron chi connectivity index (χ2n) is 4.45. The standard InChI is InChI=1S/C13H22N2/c1-10(2)9-15-13(8-14)12-7-5-4-6-11(12)3/h4-7,10,13,15H,8-9,14H2,1-3H3. The van der Waals surface area contributed by atoms with Crippen molar-refractivity contribution in [3.05, 3.63) is 35.4 Å². The molecule has 0 saturated heterocycles. The Morgan fingerprint density at radius 3 is 2.47 bits per heavy atom. The van der Waals surface area contributed by atoms with E-state index < -0.39 is 0 Å². The smallest absolute Gasteiger partial charge is 0.0447 e. The van der Waals surface area contributed by atoms with Crippen LogP contribution >= 0.6 is 0 Å². The molecule has 0 aliphatic rings. The first-order chi connectivity index (χ1) is 7.15. The van der Waals surface area contributed by atoms with Gasteiger partial charge in [-0.1, -0.05) is 38.1 Å². The first-order valence-electron chi connectivity index (χ1n) is 5.64. The summed E-state index contributed by atoms with van der Waals surface area (Å²) in [6, 6.07) is 8.71. The molecule has 0 aliphatic carbocycles. The Balaban J connectivity index is 2.70. The first-order valence-corrected chi connectivity index (χ1v) is 5.64. The maximum absolute atomic E-state index is 5.80. The summed E-state index contributed by atoms with van der Waals surface area (Å²) in [7, 11) is 0. The van der Waals surface area contributed by atoms with E-state index in [4.69, 9.17) is 5.73 Å². The van der Waals surface area contributed by atoms with Gasteiger partial charge in [0.15, 0.2) is 0 Å². The minimum absolute atomic E-state index is 0.286. The van der Waals surface area contributed by atoms with Gasteiger partial charge in [-0.3, -0.25) is 0 Å². The highest BCUT2D eigenvalue weighted by Crippen LogP contribution is 2.16. The van der Waals surface area contributed by atoms with E-state index >= 15 is 0 Å². The largest absolute Gasteiger partial charge is 0.329 e. The van der Waals surface area contributed by atoms with Gasteiger partial charge in [-0.2, -0.15) is 0 Å². The molecule has 84 valence electrons. The Hall–Kier alpha value is -0.860. The Morgan fingerprint density at radius 2 is 1.93 bits per heavy atom. The number of hydrogen-bond donors (Lipinski definition) is 2. The highest BCUT2D eigenvalue weighted by Gasteiger charge is 2.10. The van der Waals surface area contributed by atoms with Gasteiger partial charge in [0.05, 0.1) is 0 Å². The van der Waals surface area contributed by atoms with Crippen LogP contribution in [0.1, 0.15) is 31.0 Å². The molecule has 2 heteroatoms. The Bertz CT molecular complexity index is 294. The summed E-state index contributed by atoms with van der Waals surface area (Å²) in [4.78, 5) is 0. The van der Waals surface area contributed by atoms with Crippen LogP contribution in [0.3, 0.4) is 0 Å². The molecule has 1 aromatic rings. The zero-order valence-electron chi connectivity index (χ0n) is 9.96. The van der Waals surface area contributed by atoms with Crippen molar-refractivity contribution >= 4 is 0 Å². The molecule has 0 aliphatic heterocycles. The van der Waals surface area contributed by atoms with Crippen LogP contribution in [-0.2, 0) is 0 Å². The van der Waals surface area contributed by atoms with E-state index in [1.807, 2.05) is 0 Å². The SMILES string of the molecule is Cc1ccccc1C(CN)NCC(C)C. The van der Waals surface area contributed by atoms with Crippen molar-refractivity contribution in [3.8, 4) is 0 Å². The highest BCUT2D eigenvalue weighted by atomic mass is 14.9. The molecular weight excluding hydrogens is 184 g/mol. The van der Waals surface area contributed by atoms with Crippen LogP contribution in [0.15, 0.2) is 24.3 Å². The van der Waals surface area contributed by atoms with Gasteiger partial charge in [-0.05, 0) is 30.5 Å². The van der Waals surface area contributed by atoms with Crippen LogP contribution in [0.2, 0.25) is 0 Å². The van der Waals surface area contributed by atoms with Crippen LogP contribution in [0, 0.1) is 12.8 Å². The van der Waals surface area contributed by atoms with Crippen molar-refractivity contribution in [3.63, 3.8) is 0 Å². The summed E-state index contributed by atoms with van der Waals surface area (Å²) in [5, 5.41) is 3.50. The van der Waals surface area contributed by atoms with Gasteiger partial charge >= 0.3 is 0 Å². The number of hydrogen-bond acceptors (Lipinski definition) is 2. The molecule has 0 heterocycles. The summed E-state index contributed by atoms with van der Waals surface area (Å²) >= 11 is 0. The molecule has 0 radical (unpaired) electrons. The quantitative estimate of drug-likeness (QED) is 0.775. The molecular formula is C13H22N2. The van der Waals surface area contributed by atoms with Crippen LogP contribution in [0.25, 0.3) is 0 Å². The maximum atomic E-state index is 5.80. The van der Waals surface area contributed by atoms with Gasteiger partial charge < -0.3 is 11.1 Å². The number of nitrogens with one attached hydrogen (secondary N) is 1. The number of nitrogens with two attached hydrogens (primary N) is 1. The van der Waals surface area contributed by atoms with Gasteiger partial charge in [0.25, 0.3) is 0 Å². The zero-order chi connectivity index (χ0) is 11.3. The molecule has 0 spiro atoms. The van der Waals surface area contributed by atoms with E-state index in [2.05, 4.69) is 50.4 Å². The fraction of sp³-hybridized carbons (Fsp3) is 0.538. The van der Waals surface area contributed by atoms with Crippen molar-refractivity contribution < 1.29 is 0 Å². The molecule has 15 heavy (non-hydrogen) atoms. The van der Waals surface area contributed by atoms with Crippen LogP contribution in [0.4, 0.5) is 0 Å². The predicted molar refractivity (Wildman–Crippen MR) is 65.8 cm³/mol. The topological polar surface area (TPSA) is 38.0 Å². The predicted octanol–water partition coefficient (Wildman–Crippen LogP) is 2.24. The van der Waals surface area contributed by atoms with E-state index in [-0.39, 0.29) is 6.04 Å². The first kappa shape index (κ1) is 12.2. The van der Waals surface area contributed by atoms with Gasteiger partial charge in [0.1, 0.15) is 0 Å². The average Bonchev–Trinajstić information content (AvgIpc) is 2.21. The summed E-state index contributed by atoms with van der Waals surface area (Å²) in [6.45, 7) is 8.21. The van der Waals surface area contributed by atoms with Crippen molar-refractivity contribution in [1.29, 1.82) is 0 Å². The minimum atomic E-state index is 0.286. The molecule has 0 saturated carbocycles. The normalized spacial score (nSPS) is 13.1. The van der Waals surface area contributed by atoms with Gasteiger partial charge in [0.2, 0.25) is 0 Å². The summed E-state index contributed by atoms with van der Waals surface area (Å²) in [5.41, 5.74) is 8.43. The van der Waals surface area contributed by atoms with E-state index in [0.717, 1.165) is 6.54 Å². The van der Waals surface area contributed by atoms with Crippen LogP contribution in [0.5, 0.6) is 0 Å². The Labute approximate surface area is 92.9 Å². The fourth-order valence-electron chi connectivity index (χ4n) is 1.68. The van der Waals surface area contributed by atoms with E-state index in [1.54, 1.807) is 0 Å². The monoisotopic (exact) mass is 206 g/mol. The van der Waals surface area contributed by atoms with Crippen molar-refractivity contribution in [1.82, 2.24) is 5.32 Å². The maximum Gasteiger partial charge on any atom is 0.0447 e. The molecule has 1 aromatic carbocycles. The second kappa shape index (κ2) is 5.89. The van der Waals surface area contributed by atoms with Gasteiger partial charge in [-0.15, -0.1) is 0 Å². The third-order valence-electron chi connectivity index (χ3n) is 2.57. The summed E-state index contributed by atoms with van der Waals surface area (Å²) in [5.74, 6) is 0.656. The van der Waals surface area contributed by atoms with Crippen LogP contribution < -0.4 is 11.1 Å². The number of aryl methyl sites for hydroxylation is 1. The molecule has 1 atom stereocenters. The van der Waals surface area contributed by atoms with E-state index in [1.165, 1.54) is 11.1 Å². The summed E-state index contributed by atoms with van der Waals surface area (Å²) in [6.07, 6.45) is 0. The Kier molecular flexibility index (Phi) is 4.79. The molecule has 2 nitrogen and oxygen atoms in total. The van der Waals surface area contributed by atoms with E-state index in [0.29, 0.717) is 12.5 Å². The number of rotatable bonds is 5. The number of benzene rings is 1. The molecule has 0 amide bonds. The van der Waals surface area contributed by atoms with Crippen molar-refractivity contribution in [2.75, 3.05) is 13.1 Å². The molecule has 0 aromatic heterocycles.